The normalized spacial score (nSPS) is 17.7. The summed E-state index contributed by atoms with van der Waals surface area (Å²) in [5.41, 5.74) is 0. The third-order valence-corrected chi connectivity index (χ3v) is 3.67. The largest absolute Gasteiger partial charge is 0.488 e. The summed E-state index contributed by atoms with van der Waals surface area (Å²) in [5.74, 6) is 1.10. The van der Waals surface area contributed by atoms with Crippen LogP contribution in [-0.2, 0) is 9.84 Å². The lowest BCUT2D eigenvalue weighted by Gasteiger charge is -2.38. The van der Waals surface area contributed by atoms with Crippen LogP contribution >= 0.6 is 0 Å². The highest BCUT2D eigenvalue weighted by molar-refractivity contribution is 7.90. The van der Waals surface area contributed by atoms with Crippen LogP contribution in [0.5, 0.6) is 5.75 Å². The molecule has 4 nitrogen and oxygen atoms in total. The van der Waals surface area contributed by atoms with E-state index in [4.69, 9.17) is 4.74 Å². The Balaban J connectivity index is 1.69. The van der Waals surface area contributed by atoms with Crippen molar-refractivity contribution in [1.82, 2.24) is 4.90 Å². The van der Waals surface area contributed by atoms with Crippen molar-refractivity contribution in [3.8, 4) is 5.75 Å². The fraction of sp³-hybridized carbons (Fsp3) is 0.500. The van der Waals surface area contributed by atoms with Crippen LogP contribution in [0.25, 0.3) is 0 Å². The van der Waals surface area contributed by atoms with Crippen LogP contribution in [0.15, 0.2) is 30.3 Å². The number of rotatable bonds is 5. The van der Waals surface area contributed by atoms with Crippen molar-refractivity contribution in [1.29, 1.82) is 0 Å². The molecule has 0 spiro atoms. The van der Waals surface area contributed by atoms with E-state index in [0.29, 0.717) is 6.54 Å². The molecule has 1 aliphatic rings. The molecule has 0 aromatic heterocycles. The third-order valence-electron chi connectivity index (χ3n) is 2.75. The second kappa shape index (κ2) is 5.06. The Morgan fingerprint density at radius 1 is 1.29 bits per heavy atom. The van der Waals surface area contributed by atoms with E-state index in [1.165, 1.54) is 6.26 Å². The van der Waals surface area contributed by atoms with E-state index in [1.807, 2.05) is 30.3 Å². The van der Waals surface area contributed by atoms with Gasteiger partial charge in [-0.15, -0.1) is 0 Å². The van der Waals surface area contributed by atoms with E-state index in [1.54, 1.807) is 0 Å². The number of likely N-dealkylation sites (tertiary alicyclic amines) is 1. The van der Waals surface area contributed by atoms with Gasteiger partial charge in [-0.3, -0.25) is 4.90 Å². The van der Waals surface area contributed by atoms with E-state index >= 15 is 0 Å². The molecular weight excluding hydrogens is 238 g/mol. The predicted octanol–water partition coefficient (Wildman–Crippen LogP) is 0.794. The molecule has 1 aliphatic heterocycles. The Bertz CT molecular complexity index is 452. The second-order valence-corrected chi connectivity index (χ2v) is 6.70. The number of nitrogens with zero attached hydrogens (tertiary/aromatic N) is 1. The van der Waals surface area contributed by atoms with Crippen molar-refractivity contribution in [3.63, 3.8) is 0 Å². The molecule has 0 amide bonds. The quantitative estimate of drug-likeness (QED) is 0.780. The molecule has 5 heteroatoms. The van der Waals surface area contributed by atoms with Gasteiger partial charge in [0.15, 0.2) is 0 Å². The topological polar surface area (TPSA) is 46.6 Å². The SMILES string of the molecule is CS(=O)(=O)CCN1CC(Oc2ccccc2)C1. The zero-order chi connectivity index (χ0) is 12.3. The maximum absolute atomic E-state index is 11.0. The maximum atomic E-state index is 11.0. The van der Waals surface area contributed by atoms with E-state index in [0.717, 1.165) is 18.8 Å². The molecule has 1 fully saturated rings. The Labute approximate surface area is 102 Å². The average molecular weight is 255 g/mol. The van der Waals surface area contributed by atoms with Crippen LogP contribution in [0.4, 0.5) is 0 Å². The Morgan fingerprint density at radius 3 is 2.53 bits per heavy atom. The Morgan fingerprint density at radius 2 is 1.94 bits per heavy atom. The molecule has 0 saturated carbocycles. The van der Waals surface area contributed by atoms with Gasteiger partial charge < -0.3 is 4.74 Å². The smallest absolute Gasteiger partial charge is 0.148 e. The monoisotopic (exact) mass is 255 g/mol. The van der Waals surface area contributed by atoms with Gasteiger partial charge in [0.25, 0.3) is 0 Å². The number of para-hydroxylation sites is 1. The Hall–Kier alpha value is -1.07. The highest BCUT2D eigenvalue weighted by Crippen LogP contribution is 2.17. The Kier molecular flexibility index (Phi) is 3.69. The van der Waals surface area contributed by atoms with Gasteiger partial charge in [-0.25, -0.2) is 8.42 Å². The minimum absolute atomic E-state index is 0.192. The maximum Gasteiger partial charge on any atom is 0.148 e. The molecule has 0 N–H and O–H groups in total. The number of ether oxygens (including phenoxy) is 1. The number of benzene rings is 1. The van der Waals surface area contributed by atoms with E-state index in [-0.39, 0.29) is 11.9 Å². The molecule has 2 rings (SSSR count). The highest BCUT2D eigenvalue weighted by atomic mass is 32.2. The summed E-state index contributed by atoms with van der Waals surface area (Å²) >= 11 is 0. The standard InChI is InChI=1S/C12H17NO3S/c1-17(14,15)8-7-13-9-12(10-13)16-11-5-3-2-4-6-11/h2-6,12H,7-10H2,1H3. The summed E-state index contributed by atoms with van der Waals surface area (Å²) in [6.45, 7) is 2.22. The summed E-state index contributed by atoms with van der Waals surface area (Å²) in [4.78, 5) is 2.09. The lowest BCUT2D eigenvalue weighted by Crippen LogP contribution is -2.54. The highest BCUT2D eigenvalue weighted by Gasteiger charge is 2.28. The van der Waals surface area contributed by atoms with Crippen molar-refractivity contribution >= 4 is 9.84 Å². The molecule has 17 heavy (non-hydrogen) atoms. The first kappa shape index (κ1) is 12.4. The molecular formula is C12H17NO3S. The second-order valence-electron chi connectivity index (χ2n) is 4.44. The van der Waals surface area contributed by atoms with Crippen molar-refractivity contribution in [2.45, 2.75) is 6.10 Å². The van der Waals surface area contributed by atoms with Gasteiger partial charge in [0.05, 0.1) is 5.75 Å². The van der Waals surface area contributed by atoms with E-state index in [9.17, 15) is 8.42 Å². The predicted molar refractivity (Wildman–Crippen MR) is 67.0 cm³/mol. The molecule has 0 aliphatic carbocycles. The van der Waals surface area contributed by atoms with Gasteiger partial charge in [0.2, 0.25) is 0 Å². The summed E-state index contributed by atoms with van der Waals surface area (Å²) < 4.78 is 27.7. The number of hydrogen-bond acceptors (Lipinski definition) is 4. The van der Waals surface area contributed by atoms with Gasteiger partial charge >= 0.3 is 0 Å². The van der Waals surface area contributed by atoms with Gasteiger partial charge in [-0.05, 0) is 12.1 Å². The van der Waals surface area contributed by atoms with E-state index < -0.39 is 9.84 Å². The molecule has 1 saturated heterocycles. The summed E-state index contributed by atoms with van der Waals surface area (Å²) in [5, 5.41) is 0. The molecule has 1 heterocycles. The van der Waals surface area contributed by atoms with Crippen LogP contribution in [0.1, 0.15) is 0 Å². The summed E-state index contributed by atoms with van der Waals surface area (Å²) in [7, 11) is -2.85. The van der Waals surface area contributed by atoms with E-state index in [2.05, 4.69) is 4.90 Å². The summed E-state index contributed by atoms with van der Waals surface area (Å²) in [6, 6.07) is 9.69. The zero-order valence-corrected chi connectivity index (χ0v) is 10.7. The minimum Gasteiger partial charge on any atom is -0.488 e. The fourth-order valence-electron chi connectivity index (χ4n) is 1.77. The van der Waals surface area contributed by atoms with Crippen molar-refractivity contribution < 1.29 is 13.2 Å². The van der Waals surface area contributed by atoms with Gasteiger partial charge in [0, 0.05) is 25.9 Å². The van der Waals surface area contributed by atoms with Crippen LogP contribution in [0, 0.1) is 0 Å². The number of sulfone groups is 1. The molecule has 0 unspecified atom stereocenters. The van der Waals surface area contributed by atoms with Gasteiger partial charge in [-0.1, -0.05) is 18.2 Å². The van der Waals surface area contributed by atoms with Gasteiger partial charge in [-0.2, -0.15) is 0 Å². The number of hydrogen-bond donors (Lipinski definition) is 0. The van der Waals surface area contributed by atoms with Crippen LogP contribution in [-0.4, -0.2) is 51.1 Å². The third kappa shape index (κ3) is 4.02. The molecule has 1 aromatic rings. The minimum atomic E-state index is -2.85. The zero-order valence-electron chi connectivity index (χ0n) is 9.87. The van der Waals surface area contributed by atoms with Crippen molar-refractivity contribution in [3.05, 3.63) is 30.3 Å². The lowest BCUT2D eigenvalue weighted by atomic mass is 10.2. The summed E-state index contributed by atoms with van der Waals surface area (Å²) in [6.07, 6.45) is 1.46. The van der Waals surface area contributed by atoms with Gasteiger partial charge in [0.1, 0.15) is 21.7 Å². The average Bonchev–Trinajstić information content (AvgIpc) is 2.21. The van der Waals surface area contributed by atoms with Crippen molar-refractivity contribution in [2.24, 2.45) is 0 Å². The first-order valence-corrected chi connectivity index (χ1v) is 7.71. The van der Waals surface area contributed by atoms with Crippen LogP contribution < -0.4 is 4.74 Å². The molecule has 1 aromatic carbocycles. The van der Waals surface area contributed by atoms with Crippen LogP contribution in [0.2, 0.25) is 0 Å². The lowest BCUT2D eigenvalue weighted by molar-refractivity contribution is 0.0243. The molecule has 0 bridgehead atoms. The van der Waals surface area contributed by atoms with Crippen LogP contribution in [0.3, 0.4) is 0 Å². The fourth-order valence-corrected chi connectivity index (χ4v) is 2.36. The first-order valence-electron chi connectivity index (χ1n) is 5.65. The first-order chi connectivity index (χ1) is 8.03. The molecule has 0 radical (unpaired) electrons. The van der Waals surface area contributed by atoms with Crippen molar-refractivity contribution in [2.75, 3.05) is 31.6 Å². The molecule has 0 atom stereocenters. The molecule has 94 valence electrons.